The smallest absolute Gasteiger partial charge is 0.00196 e. The second kappa shape index (κ2) is 5.27. The minimum atomic E-state index is 1.01. The molecule has 0 radical (unpaired) electrons. The Hall–Kier alpha value is -2.08. The number of rotatable bonds is 3. The molecule has 0 heterocycles. The molecule has 0 spiro atoms. The van der Waals surface area contributed by atoms with Gasteiger partial charge < -0.3 is 0 Å². The molecular weight excluding hydrogens is 228 g/mol. The Morgan fingerprint density at radius 2 is 1.37 bits per heavy atom. The zero-order chi connectivity index (χ0) is 13.1. The number of hydrogen-bond donors (Lipinski definition) is 0. The Kier molecular flexibility index (Phi) is 3.33. The van der Waals surface area contributed by atoms with Gasteiger partial charge in [-0.25, -0.2) is 0 Å². The molecule has 0 heteroatoms. The third-order valence-corrected chi connectivity index (χ3v) is 3.71. The van der Waals surface area contributed by atoms with E-state index < -0.39 is 0 Å². The van der Waals surface area contributed by atoms with E-state index in [0.29, 0.717) is 0 Å². The van der Waals surface area contributed by atoms with Crippen LogP contribution in [-0.4, -0.2) is 0 Å². The molecule has 0 amide bonds. The molecule has 3 aromatic carbocycles. The van der Waals surface area contributed by atoms with Gasteiger partial charge >= 0.3 is 0 Å². The number of aryl methyl sites for hydroxylation is 1. The lowest BCUT2D eigenvalue weighted by Crippen LogP contribution is -1.90. The van der Waals surface area contributed by atoms with E-state index in [4.69, 9.17) is 0 Å². The van der Waals surface area contributed by atoms with Crippen LogP contribution in [0.5, 0.6) is 0 Å². The summed E-state index contributed by atoms with van der Waals surface area (Å²) >= 11 is 0. The summed E-state index contributed by atoms with van der Waals surface area (Å²) in [5.74, 6) is 0. The van der Waals surface area contributed by atoms with Crippen LogP contribution in [-0.2, 0) is 12.8 Å². The fourth-order valence-corrected chi connectivity index (χ4v) is 2.56. The maximum Gasteiger partial charge on any atom is -0.00196 e. The first-order valence-corrected chi connectivity index (χ1v) is 6.91. The van der Waals surface area contributed by atoms with Gasteiger partial charge in [-0.05, 0) is 40.3 Å². The molecule has 0 saturated carbocycles. The Morgan fingerprint density at radius 3 is 2.16 bits per heavy atom. The van der Waals surface area contributed by atoms with Crippen LogP contribution in [0.25, 0.3) is 10.8 Å². The first-order valence-electron chi connectivity index (χ1n) is 6.91. The minimum Gasteiger partial charge on any atom is -0.0616 e. The molecule has 0 bridgehead atoms. The van der Waals surface area contributed by atoms with Crippen molar-refractivity contribution >= 4 is 10.8 Å². The Bertz CT molecular complexity index is 672. The van der Waals surface area contributed by atoms with Crippen molar-refractivity contribution in [2.24, 2.45) is 0 Å². The van der Waals surface area contributed by atoms with E-state index in [1.807, 2.05) is 0 Å². The molecule has 0 N–H and O–H groups in total. The highest BCUT2D eigenvalue weighted by Gasteiger charge is 2.01. The molecule has 0 atom stereocenters. The van der Waals surface area contributed by atoms with Crippen molar-refractivity contribution in [2.75, 3.05) is 0 Å². The topological polar surface area (TPSA) is 0 Å². The monoisotopic (exact) mass is 246 g/mol. The van der Waals surface area contributed by atoms with Gasteiger partial charge in [0.15, 0.2) is 0 Å². The fraction of sp³-hybridized carbons (Fsp3) is 0.158. The van der Waals surface area contributed by atoms with E-state index in [1.54, 1.807) is 0 Å². The SMILES string of the molecule is CCc1ccc(Cc2cccc3ccccc23)cc1. The lowest BCUT2D eigenvalue weighted by Gasteiger charge is -2.07. The van der Waals surface area contributed by atoms with Crippen LogP contribution in [0.1, 0.15) is 23.6 Å². The quantitative estimate of drug-likeness (QED) is 0.610. The van der Waals surface area contributed by atoms with Crippen molar-refractivity contribution < 1.29 is 0 Å². The van der Waals surface area contributed by atoms with E-state index in [2.05, 4.69) is 73.7 Å². The highest BCUT2D eigenvalue weighted by atomic mass is 14.1. The van der Waals surface area contributed by atoms with E-state index in [0.717, 1.165) is 12.8 Å². The summed E-state index contributed by atoms with van der Waals surface area (Å²) in [6.45, 7) is 2.19. The van der Waals surface area contributed by atoms with E-state index >= 15 is 0 Å². The summed E-state index contributed by atoms with van der Waals surface area (Å²) in [4.78, 5) is 0. The predicted molar refractivity (Wildman–Crippen MR) is 82.6 cm³/mol. The summed E-state index contributed by atoms with van der Waals surface area (Å²) in [6, 6.07) is 24.1. The van der Waals surface area contributed by atoms with Crippen LogP contribution >= 0.6 is 0 Å². The standard InChI is InChI=1S/C19H18/c1-2-15-10-12-16(13-11-15)14-18-8-5-7-17-6-3-4-9-19(17)18/h3-13H,2,14H2,1H3. The molecule has 0 saturated heterocycles. The predicted octanol–water partition coefficient (Wildman–Crippen LogP) is 4.99. The fourth-order valence-electron chi connectivity index (χ4n) is 2.56. The average Bonchev–Trinajstić information content (AvgIpc) is 2.48. The zero-order valence-electron chi connectivity index (χ0n) is 11.3. The van der Waals surface area contributed by atoms with Gasteiger partial charge in [-0.15, -0.1) is 0 Å². The van der Waals surface area contributed by atoms with Crippen molar-refractivity contribution in [3.05, 3.63) is 83.4 Å². The molecule has 94 valence electrons. The molecule has 0 unspecified atom stereocenters. The Balaban J connectivity index is 1.96. The third kappa shape index (κ3) is 2.53. The van der Waals surface area contributed by atoms with Gasteiger partial charge in [0.25, 0.3) is 0 Å². The van der Waals surface area contributed by atoms with Crippen LogP contribution in [0.2, 0.25) is 0 Å². The van der Waals surface area contributed by atoms with Crippen molar-refractivity contribution in [1.29, 1.82) is 0 Å². The van der Waals surface area contributed by atoms with Gasteiger partial charge in [-0.2, -0.15) is 0 Å². The van der Waals surface area contributed by atoms with Crippen molar-refractivity contribution in [3.63, 3.8) is 0 Å². The van der Waals surface area contributed by atoms with Gasteiger partial charge in [0, 0.05) is 0 Å². The molecule has 3 aromatic rings. The number of benzene rings is 3. The second-order valence-corrected chi connectivity index (χ2v) is 4.99. The second-order valence-electron chi connectivity index (χ2n) is 4.99. The van der Waals surface area contributed by atoms with E-state index in [-0.39, 0.29) is 0 Å². The summed E-state index contributed by atoms with van der Waals surface area (Å²) in [7, 11) is 0. The lowest BCUT2D eigenvalue weighted by atomic mass is 9.98. The van der Waals surface area contributed by atoms with Crippen LogP contribution in [0.3, 0.4) is 0 Å². The summed E-state index contributed by atoms with van der Waals surface area (Å²) in [6.07, 6.45) is 2.11. The van der Waals surface area contributed by atoms with Crippen molar-refractivity contribution in [3.8, 4) is 0 Å². The first-order chi connectivity index (χ1) is 9.36. The molecule has 0 aromatic heterocycles. The minimum absolute atomic E-state index is 1.01. The Morgan fingerprint density at radius 1 is 0.684 bits per heavy atom. The third-order valence-electron chi connectivity index (χ3n) is 3.71. The first kappa shape index (κ1) is 12.0. The highest BCUT2D eigenvalue weighted by molar-refractivity contribution is 5.85. The summed E-state index contributed by atoms with van der Waals surface area (Å²) < 4.78 is 0. The maximum absolute atomic E-state index is 2.25. The molecular formula is C19H18. The average molecular weight is 246 g/mol. The summed E-state index contributed by atoms with van der Waals surface area (Å²) in [5.41, 5.74) is 4.19. The van der Waals surface area contributed by atoms with E-state index in [9.17, 15) is 0 Å². The van der Waals surface area contributed by atoms with Gasteiger partial charge in [0.05, 0.1) is 0 Å². The van der Waals surface area contributed by atoms with Gasteiger partial charge in [-0.1, -0.05) is 73.7 Å². The molecule has 19 heavy (non-hydrogen) atoms. The Labute approximate surface area is 114 Å². The molecule has 0 nitrogen and oxygen atoms in total. The van der Waals surface area contributed by atoms with Gasteiger partial charge in [0.2, 0.25) is 0 Å². The number of hydrogen-bond acceptors (Lipinski definition) is 0. The van der Waals surface area contributed by atoms with Crippen LogP contribution < -0.4 is 0 Å². The van der Waals surface area contributed by atoms with Gasteiger partial charge in [0.1, 0.15) is 0 Å². The molecule has 0 fully saturated rings. The van der Waals surface area contributed by atoms with Crippen LogP contribution in [0.4, 0.5) is 0 Å². The van der Waals surface area contributed by atoms with Crippen molar-refractivity contribution in [2.45, 2.75) is 19.8 Å². The highest BCUT2D eigenvalue weighted by Crippen LogP contribution is 2.21. The van der Waals surface area contributed by atoms with Crippen molar-refractivity contribution in [1.82, 2.24) is 0 Å². The lowest BCUT2D eigenvalue weighted by molar-refractivity contribution is 1.12. The zero-order valence-corrected chi connectivity index (χ0v) is 11.3. The molecule has 0 aliphatic rings. The van der Waals surface area contributed by atoms with Crippen LogP contribution in [0, 0.1) is 0 Å². The maximum atomic E-state index is 2.25. The largest absolute Gasteiger partial charge is 0.0616 e. The van der Waals surface area contributed by atoms with E-state index in [1.165, 1.54) is 27.5 Å². The molecule has 3 rings (SSSR count). The molecule has 0 aliphatic carbocycles. The van der Waals surface area contributed by atoms with Crippen LogP contribution in [0.15, 0.2) is 66.7 Å². The summed E-state index contributed by atoms with van der Waals surface area (Å²) in [5, 5.41) is 2.69. The number of fused-ring (bicyclic) bond motifs is 1. The normalized spacial score (nSPS) is 10.8. The molecule has 0 aliphatic heterocycles. The van der Waals surface area contributed by atoms with Gasteiger partial charge in [-0.3, -0.25) is 0 Å².